The molecule has 1 fully saturated rings. The number of sulfonamides is 1. The molecule has 0 spiro atoms. The smallest absolute Gasteiger partial charge is 0.335 e. The second kappa shape index (κ2) is 14.9. The van der Waals surface area contributed by atoms with Crippen LogP contribution in [-0.2, 0) is 10.0 Å². The molecule has 2 heterocycles. The third-order valence-electron chi connectivity index (χ3n) is 7.99. The molecule has 5 rings (SSSR count). The predicted molar refractivity (Wildman–Crippen MR) is 183 cm³/mol. The molecular weight excluding hydrogens is 642 g/mol. The Morgan fingerprint density at radius 2 is 1.64 bits per heavy atom. The van der Waals surface area contributed by atoms with Gasteiger partial charge in [0.05, 0.1) is 36.9 Å². The number of anilines is 2. The summed E-state index contributed by atoms with van der Waals surface area (Å²) in [6.45, 7) is 3.08. The zero-order chi connectivity index (χ0) is 33.6. The monoisotopic (exact) mass is 679 g/mol. The Hall–Kier alpha value is -4.55. The van der Waals surface area contributed by atoms with Crippen LogP contribution in [-0.4, -0.2) is 74.9 Å². The minimum absolute atomic E-state index is 0.0777. The van der Waals surface area contributed by atoms with Gasteiger partial charge in [-0.1, -0.05) is 24.4 Å². The van der Waals surface area contributed by atoms with Crippen molar-refractivity contribution in [3.8, 4) is 11.5 Å². The summed E-state index contributed by atoms with van der Waals surface area (Å²) in [5.41, 5.74) is 2.82. The molecule has 0 bridgehead atoms. The number of urea groups is 1. The first-order valence-electron chi connectivity index (χ1n) is 15.4. The van der Waals surface area contributed by atoms with Crippen molar-refractivity contribution < 1.29 is 27.5 Å². The van der Waals surface area contributed by atoms with Crippen LogP contribution in [0.4, 0.5) is 16.2 Å². The van der Waals surface area contributed by atoms with Gasteiger partial charge < -0.3 is 25.0 Å². The molecule has 0 saturated carbocycles. The number of carbonyl (C=O) groups excluding carboxylic acids is 2. The summed E-state index contributed by atoms with van der Waals surface area (Å²) in [7, 11) is -1.42. The number of rotatable bonds is 10. The number of nitrogens with one attached hydrogen (secondary N) is 2. The van der Waals surface area contributed by atoms with Crippen LogP contribution in [0.3, 0.4) is 0 Å². The molecule has 11 nitrogen and oxygen atoms in total. The number of hydrogen-bond acceptors (Lipinski definition) is 8. The van der Waals surface area contributed by atoms with Crippen molar-refractivity contribution in [1.29, 1.82) is 0 Å². The molecule has 1 aromatic heterocycles. The van der Waals surface area contributed by atoms with Gasteiger partial charge in [0.15, 0.2) is 0 Å². The summed E-state index contributed by atoms with van der Waals surface area (Å²) in [6, 6.07) is 16.8. The number of aromatic nitrogens is 1. The van der Waals surface area contributed by atoms with Crippen molar-refractivity contribution in [1.82, 2.24) is 14.2 Å². The van der Waals surface area contributed by atoms with Crippen molar-refractivity contribution in [2.75, 3.05) is 51.0 Å². The second-order valence-corrected chi connectivity index (χ2v) is 13.5. The molecule has 0 radical (unpaired) electrons. The Kier molecular flexibility index (Phi) is 10.7. The van der Waals surface area contributed by atoms with E-state index in [2.05, 4.69) is 15.6 Å². The normalized spacial score (nSPS) is 13.5. The highest BCUT2D eigenvalue weighted by Gasteiger charge is 2.30. The molecule has 3 amide bonds. The van der Waals surface area contributed by atoms with Gasteiger partial charge in [-0.2, -0.15) is 0 Å². The van der Waals surface area contributed by atoms with E-state index in [1.54, 1.807) is 30.3 Å². The van der Waals surface area contributed by atoms with Gasteiger partial charge in [-0.25, -0.2) is 17.5 Å². The zero-order valence-electron chi connectivity index (χ0n) is 26.6. The maximum Gasteiger partial charge on any atom is 0.335 e. The van der Waals surface area contributed by atoms with Crippen molar-refractivity contribution in [2.24, 2.45) is 0 Å². The van der Waals surface area contributed by atoms with Gasteiger partial charge in [0.1, 0.15) is 11.5 Å². The van der Waals surface area contributed by atoms with Crippen molar-refractivity contribution >= 4 is 55.8 Å². The number of fused-ring (bicyclic) bond motifs is 1. The first-order valence-corrected chi connectivity index (χ1v) is 17.2. The fourth-order valence-corrected chi connectivity index (χ4v) is 7.04. The zero-order valence-corrected chi connectivity index (χ0v) is 28.2. The highest BCUT2D eigenvalue weighted by molar-refractivity contribution is 7.89. The third-order valence-corrected chi connectivity index (χ3v) is 10.0. The number of aryl methyl sites for hydroxylation is 1. The van der Waals surface area contributed by atoms with E-state index < -0.39 is 16.1 Å². The maximum atomic E-state index is 13.9. The number of pyridine rings is 1. The highest BCUT2D eigenvalue weighted by atomic mass is 35.5. The highest BCUT2D eigenvalue weighted by Crippen LogP contribution is 2.29. The van der Waals surface area contributed by atoms with E-state index in [9.17, 15) is 18.0 Å². The van der Waals surface area contributed by atoms with E-state index >= 15 is 0 Å². The van der Waals surface area contributed by atoms with Crippen molar-refractivity contribution in [3.05, 3.63) is 83.0 Å². The van der Waals surface area contributed by atoms with Gasteiger partial charge in [0, 0.05) is 47.0 Å². The summed E-state index contributed by atoms with van der Waals surface area (Å²) < 4.78 is 39.3. The van der Waals surface area contributed by atoms with Crippen LogP contribution in [0.25, 0.3) is 10.9 Å². The molecule has 1 saturated heterocycles. The van der Waals surface area contributed by atoms with Crippen LogP contribution in [0.5, 0.6) is 11.5 Å². The number of methoxy groups -OCH3 is 2. The largest absolute Gasteiger partial charge is 0.497 e. The molecule has 13 heteroatoms. The molecule has 2 N–H and O–H groups in total. The first kappa shape index (κ1) is 33.8. The fraction of sp³-hybridized carbons (Fsp3) is 0.324. The van der Waals surface area contributed by atoms with E-state index in [0.29, 0.717) is 35.1 Å². The van der Waals surface area contributed by atoms with Gasteiger partial charge >= 0.3 is 6.03 Å². The Morgan fingerprint density at radius 3 is 2.32 bits per heavy atom. The van der Waals surface area contributed by atoms with Crippen LogP contribution in [0, 0.1) is 6.92 Å². The molecule has 248 valence electrons. The van der Waals surface area contributed by atoms with Gasteiger partial charge in [-0.15, -0.1) is 0 Å². The molecule has 0 unspecified atom stereocenters. The van der Waals surface area contributed by atoms with Gasteiger partial charge in [-0.05, 0) is 86.5 Å². The lowest BCUT2D eigenvalue weighted by molar-refractivity contribution is 0.0761. The summed E-state index contributed by atoms with van der Waals surface area (Å²) in [6.07, 6.45) is 4.09. The number of benzene rings is 3. The summed E-state index contributed by atoms with van der Waals surface area (Å²) >= 11 is 6.24. The molecule has 0 aliphatic carbocycles. The molecule has 1 aliphatic rings. The Balaban J connectivity index is 1.40. The minimum atomic E-state index is -4.33. The number of halogens is 1. The van der Waals surface area contributed by atoms with Crippen LogP contribution in [0.15, 0.2) is 71.6 Å². The van der Waals surface area contributed by atoms with E-state index in [1.807, 2.05) is 24.0 Å². The Bertz CT molecular complexity index is 1860. The van der Waals surface area contributed by atoms with Crippen LogP contribution >= 0.6 is 11.6 Å². The predicted octanol–water partition coefficient (Wildman–Crippen LogP) is 6.56. The lowest BCUT2D eigenvalue weighted by atomic mass is 10.1. The lowest BCUT2D eigenvalue weighted by Gasteiger charge is -2.24. The third kappa shape index (κ3) is 7.88. The Labute approximate surface area is 279 Å². The van der Waals surface area contributed by atoms with Crippen LogP contribution in [0.2, 0.25) is 5.02 Å². The molecule has 4 aromatic rings. The number of ether oxygens (including phenoxy) is 2. The quantitative estimate of drug-likeness (QED) is 0.193. The second-order valence-electron chi connectivity index (χ2n) is 11.2. The number of nitrogens with zero attached hydrogens (tertiary/aromatic N) is 3. The maximum absolute atomic E-state index is 13.9. The van der Waals surface area contributed by atoms with Crippen molar-refractivity contribution in [3.63, 3.8) is 0 Å². The van der Waals surface area contributed by atoms with E-state index in [-0.39, 0.29) is 35.3 Å². The first-order chi connectivity index (χ1) is 22.6. The average molecular weight is 680 g/mol. The van der Waals surface area contributed by atoms with Crippen LogP contribution in [0.1, 0.15) is 41.7 Å². The number of carbonyl (C=O) groups is 2. The van der Waals surface area contributed by atoms with E-state index in [0.717, 1.165) is 46.6 Å². The molecule has 47 heavy (non-hydrogen) atoms. The minimum Gasteiger partial charge on any atom is -0.497 e. The topological polar surface area (TPSA) is 130 Å². The van der Waals surface area contributed by atoms with Gasteiger partial charge in [0.2, 0.25) is 0 Å². The van der Waals surface area contributed by atoms with Crippen LogP contribution < -0.4 is 20.1 Å². The lowest BCUT2D eigenvalue weighted by Crippen LogP contribution is -2.42. The average Bonchev–Trinajstić information content (AvgIpc) is 3.36. The number of amides is 3. The summed E-state index contributed by atoms with van der Waals surface area (Å²) in [4.78, 5) is 33.3. The fourth-order valence-electron chi connectivity index (χ4n) is 5.54. The van der Waals surface area contributed by atoms with E-state index in [4.69, 9.17) is 21.1 Å². The SMILES string of the molecule is COc1ccc(S(=O)(=O)N(CCNc2cc(C)nc3ccc(Cl)cc23)C(=O)Nc2ccc(C(=O)N3CCCCCC3)cc2OC)cc1. The summed E-state index contributed by atoms with van der Waals surface area (Å²) in [5.74, 6) is 0.590. The molecular formula is C34H38ClN5O6S. The van der Waals surface area contributed by atoms with Crippen molar-refractivity contribution in [2.45, 2.75) is 37.5 Å². The molecule has 3 aromatic carbocycles. The Morgan fingerprint density at radius 1 is 0.915 bits per heavy atom. The number of hydrogen-bond donors (Lipinski definition) is 2. The van der Waals surface area contributed by atoms with Gasteiger partial charge in [-0.3, -0.25) is 9.78 Å². The standard InChI is InChI=1S/C34H38ClN5O6S/c1-23-20-31(28-22-25(35)9-15-29(28)37-23)36-16-19-40(47(43,44)27-12-10-26(45-2)11-13-27)34(42)38-30-14-8-24(21-32(30)46-3)33(41)39-17-6-4-5-7-18-39/h8-15,20-22H,4-7,16-19H2,1-3H3,(H,36,37)(H,38,42). The van der Waals surface area contributed by atoms with Gasteiger partial charge in [0.25, 0.3) is 15.9 Å². The molecule has 0 atom stereocenters. The summed E-state index contributed by atoms with van der Waals surface area (Å²) in [5, 5.41) is 7.23. The van der Waals surface area contributed by atoms with E-state index in [1.165, 1.54) is 38.5 Å². The molecule has 1 aliphatic heterocycles. The number of likely N-dealkylation sites (tertiary alicyclic amines) is 1.